The Kier molecular flexibility index (Phi) is 2.51. The van der Waals surface area contributed by atoms with Crippen LogP contribution in [-0.4, -0.2) is 16.4 Å². The molecule has 0 fully saturated rings. The Morgan fingerprint density at radius 3 is 3.14 bits per heavy atom. The first-order valence-electron chi connectivity index (χ1n) is 3.96. The maximum atomic E-state index is 10.2. The molecule has 2 heterocycles. The zero-order chi connectivity index (χ0) is 9.80. The lowest BCUT2D eigenvalue weighted by Gasteiger charge is -1.93. The molecule has 2 aromatic heterocycles. The standard InChI is InChI=1S/C9H7N3OS/c13-6-11-9-12-8(5-14-9)7-2-1-3-10-4-7/h1-6H,(H,11,12,13). The van der Waals surface area contributed by atoms with Gasteiger partial charge in [0.25, 0.3) is 0 Å². The number of nitrogens with one attached hydrogen (secondary N) is 1. The molecule has 14 heavy (non-hydrogen) atoms. The van der Waals surface area contributed by atoms with Crippen LogP contribution in [-0.2, 0) is 4.79 Å². The fourth-order valence-corrected chi connectivity index (χ4v) is 1.72. The second kappa shape index (κ2) is 3.97. The van der Waals surface area contributed by atoms with Crippen molar-refractivity contribution in [3.05, 3.63) is 29.9 Å². The predicted molar refractivity (Wildman–Crippen MR) is 55.0 cm³/mol. The molecule has 0 radical (unpaired) electrons. The molecule has 5 heteroatoms. The summed E-state index contributed by atoms with van der Waals surface area (Å²) in [6.07, 6.45) is 4.06. The first kappa shape index (κ1) is 8.83. The van der Waals surface area contributed by atoms with Gasteiger partial charge in [-0.3, -0.25) is 9.78 Å². The summed E-state index contributed by atoms with van der Waals surface area (Å²) >= 11 is 1.39. The summed E-state index contributed by atoms with van der Waals surface area (Å²) < 4.78 is 0. The molecular formula is C9H7N3OS. The Labute approximate surface area is 84.6 Å². The van der Waals surface area contributed by atoms with Crippen molar-refractivity contribution in [3.8, 4) is 11.3 Å². The number of hydrogen-bond acceptors (Lipinski definition) is 4. The van der Waals surface area contributed by atoms with Gasteiger partial charge in [0.2, 0.25) is 6.41 Å². The largest absolute Gasteiger partial charge is 0.305 e. The van der Waals surface area contributed by atoms with Crippen LogP contribution in [0.1, 0.15) is 0 Å². The number of pyridine rings is 1. The van der Waals surface area contributed by atoms with E-state index in [0.717, 1.165) is 11.3 Å². The summed E-state index contributed by atoms with van der Waals surface area (Å²) in [6, 6.07) is 3.77. The Morgan fingerprint density at radius 2 is 2.43 bits per heavy atom. The minimum atomic E-state index is 0.596. The van der Waals surface area contributed by atoms with Crippen LogP contribution in [0.4, 0.5) is 5.13 Å². The van der Waals surface area contributed by atoms with Crippen LogP contribution in [0.15, 0.2) is 29.9 Å². The zero-order valence-electron chi connectivity index (χ0n) is 7.18. The Balaban J connectivity index is 2.29. The van der Waals surface area contributed by atoms with E-state index in [1.54, 1.807) is 12.4 Å². The Bertz CT molecular complexity index is 427. The van der Waals surface area contributed by atoms with Gasteiger partial charge in [-0.15, -0.1) is 11.3 Å². The predicted octanol–water partition coefficient (Wildman–Crippen LogP) is 1.77. The van der Waals surface area contributed by atoms with E-state index in [4.69, 9.17) is 0 Å². The SMILES string of the molecule is O=CNc1nc(-c2cccnc2)cs1. The molecule has 0 atom stereocenters. The average Bonchev–Trinajstić information content (AvgIpc) is 2.68. The van der Waals surface area contributed by atoms with E-state index in [1.807, 2.05) is 17.5 Å². The molecule has 0 saturated carbocycles. The van der Waals surface area contributed by atoms with Crippen LogP contribution < -0.4 is 5.32 Å². The monoisotopic (exact) mass is 205 g/mol. The minimum absolute atomic E-state index is 0.596. The number of aromatic nitrogens is 2. The van der Waals surface area contributed by atoms with Gasteiger partial charge in [-0.25, -0.2) is 4.98 Å². The lowest BCUT2D eigenvalue weighted by atomic mass is 10.2. The molecule has 1 N–H and O–H groups in total. The van der Waals surface area contributed by atoms with Crippen molar-refractivity contribution >= 4 is 22.9 Å². The molecule has 0 aromatic carbocycles. The number of amides is 1. The van der Waals surface area contributed by atoms with Crippen molar-refractivity contribution in [2.24, 2.45) is 0 Å². The van der Waals surface area contributed by atoms with Crippen LogP contribution in [0.25, 0.3) is 11.3 Å². The second-order valence-corrected chi connectivity index (χ2v) is 3.40. The van der Waals surface area contributed by atoms with E-state index in [9.17, 15) is 4.79 Å². The topological polar surface area (TPSA) is 54.9 Å². The van der Waals surface area contributed by atoms with E-state index >= 15 is 0 Å². The van der Waals surface area contributed by atoms with Crippen LogP contribution in [0.2, 0.25) is 0 Å². The molecule has 0 aliphatic rings. The van der Waals surface area contributed by atoms with Crippen LogP contribution in [0, 0.1) is 0 Å². The first-order valence-corrected chi connectivity index (χ1v) is 4.84. The van der Waals surface area contributed by atoms with E-state index in [2.05, 4.69) is 15.3 Å². The number of nitrogens with zero attached hydrogens (tertiary/aromatic N) is 2. The van der Waals surface area contributed by atoms with E-state index in [-0.39, 0.29) is 0 Å². The van der Waals surface area contributed by atoms with Gasteiger partial charge in [-0.1, -0.05) is 0 Å². The van der Waals surface area contributed by atoms with Gasteiger partial charge < -0.3 is 5.32 Å². The van der Waals surface area contributed by atoms with E-state index < -0.39 is 0 Å². The van der Waals surface area contributed by atoms with Gasteiger partial charge in [-0.05, 0) is 12.1 Å². The molecule has 0 bridgehead atoms. The summed E-state index contributed by atoms with van der Waals surface area (Å²) in [5, 5.41) is 4.98. The summed E-state index contributed by atoms with van der Waals surface area (Å²) in [6.45, 7) is 0. The highest BCUT2D eigenvalue weighted by Gasteiger charge is 2.02. The van der Waals surface area contributed by atoms with Crippen molar-refractivity contribution in [2.75, 3.05) is 5.32 Å². The number of rotatable bonds is 3. The molecule has 2 rings (SSSR count). The highest BCUT2D eigenvalue weighted by Crippen LogP contribution is 2.23. The summed E-state index contributed by atoms with van der Waals surface area (Å²) in [5.74, 6) is 0. The molecule has 4 nitrogen and oxygen atoms in total. The number of thiazole rings is 1. The molecule has 0 aliphatic heterocycles. The van der Waals surface area contributed by atoms with Gasteiger partial charge in [0.15, 0.2) is 5.13 Å². The number of hydrogen-bond donors (Lipinski definition) is 1. The second-order valence-electron chi connectivity index (χ2n) is 2.54. The lowest BCUT2D eigenvalue weighted by Crippen LogP contribution is -1.92. The highest BCUT2D eigenvalue weighted by atomic mass is 32.1. The summed E-state index contributed by atoms with van der Waals surface area (Å²) in [5.41, 5.74) is 1.77. The third kappa shape index (κ3) is 1.77. The number of carbonyl (C=O) groups is 1. The molecule has 70 valence electrons. The van der Waals surface area contributed by atoms with Crippen LogP contribution >= 0.6 is 11.3 Å². The molecule has 0 aliphatic carbocycles. The van der Waals surface area contributed by atoms with Gasteiger partial charge in [0, 0.05) is 23.3 Å². The molecule has 2 aromatic rings. The normalized spacial score (nSPS) is 9.71. The van der Waals surface area contributed by atoms with Crippen molar-refractivity contribution in [1.29, 1.82) is 0 Å². The number of anilines is 1. The van der Waals surface area contributed by atoms with Crippen molar-refractivity contribution in [1.82, 2.24) is 9.97 Å². The van der Waals surface area contributed by atoms with Gasteiger partial charge in [-0.2, -0.15) is 0 Å². The maximum Gasteiger partial charge on any atom is 0.213 e. The molecule has 1 amide bonds. The lowest BCUT2D eigenvalue weighted by molar-refractivity contribution is -0.105. The highest BCUT2D eigenvalue weighted by molar-refractivity contribution is 7.14. The smallest absolute Gasteiger partial charge is 0.213 e. The summed E-state index contributed by atoms with van der Waals surface area (Å²) in [7, 11) is 0. The van der Waals surface area contributed by atoms with E-state index in [0.29, 0.717) is 11.5 Å². The zero-order valence-corrected chi connectivity index (χ0v) is 7.99. The molecule has 0 spiro atoms. The third-order valence-electron chi connectivity index (χ3n) is 1.64. The average molecular weight is 205 g/mol. The van der Waals surface area contributed by atoms with Crippen LogP contribution in [0.3, 0.4) is 0 Å². The maximum absolute atomic E-state index is 10.2. The third-order valence-corrected chi connectivity index (χ3v) is 2.42. The van der Waals surface area contributed by atoms with Crippen molar-refractivity contribution < 1.29 is 4.79 Å². The molecule has 0 unspecified atom stereocenters. The van der Waals surface area contributed by atoms with Gasteiger partial charge in [0.05, 0.1) is 5.69 Å². The number of carbonyl (C=O) groups excluding carboxylic acids is 1. The molecule has 0 saturated heterocycles. The fourth-order valence-electron chi connectivity index (χ4n) is 1.04. The Morgan fingerprint density at radius 1 is 1.50 bits per heavy atom. The minimum Gasteiger partial charge on any atom is -0.305 e. The van der Waals surface area contributed by atoms with Crippen molar-refractivity contribution in [2.45, 2.75) is 0 Å². The van der Waals surface area contributed by atoms with E-state index in [1.165, 1.54) is 11.3 Å². The summed E-state index contributed by atoms with van der Waals surface area (Å²) in [4.78, 5) is 18.4. The fraction of sp³-hybridized carbons (Fsp3) is 0. The van der Waals surface area contributed by atoms with Crippen molar-refractivity contribution in [3.63, 3.8) is 0 Å². The van der Waals surface area contributed by atoms with Gasteiger partial charge >= 0.3 is 0 Å². The Hall–Kier alpha value is -1.75. The van der Waals surface area contributed by atoms with Crippen LogP contribution in [0.5, 0.6) is 0 Å². The molecular weight excluding hydrogens is 198 g/mol. The first-order chi connectivity index (χ1) is 6.90. The van der Waals surface area contributed by atoms with Gasteiger partial charge in [0.1, 0.15) is 0 Å². The quantitative estimate of drug-likeness (QED) is 0.777.